The molecule has 0 rings (SSSR count). The third-order valence-corrected chi connectivity index (χ3v) is 1.54. The van der Waals surface area contributed by atoms with Gasteiger partial charge in [0.05, 0.1) is 0 Å². The van der Waals surface area contributed by atoms with Crippen LogP contribution in [0.5, 0.6) is 0 Å². The van der Waals surface area contributed by atoms with E-state index in [4.69, 9.17) is 10.2 Å². The lowest BCUT2D eigenvalue weighted by atomic mass is 10.2. The van der Waals surface area contributed by atoms with Crippen molar-refractivity contribution in [1.82, 2.24) is 0 Å². The van der Waals surface area contributed by atoms with Gasteiger partial charge in [-0.05, 0) is 12.5 Å². The molecule has 0 atom stereocenters. The van der Waals surface area contributed by atoms with Crippen LogP contribution in [0.2, 0.25) is 0 Å². The van der Waals surface area contributed by atoms with Crippen LogP contribution in [0.4, 0.5) is 0 Å². The molecule has 0 spiro atoms. The van der Waals surface area contributed by atoms with E-state index in [1.54, 1.807) is 18.2 Å². The molecule has 4 nitrogen and oxygen atoms in total. The van der Waals surface area contributed by atoms with E-state index in [1.807, 2.05) is 19.1 Å². The zero-order valence-electron chi connectivity index (χ0n) is 8.96. The second-order valence-electron chi connectivity index (χ2n) is 2.80. The van der Waals surface area contributed by atoms with Crippen molar-refractivity contribution in [3.8, 4) is 0 Å². The summed E-state index contributed by atoms with van der Waals surface area (Å²) in [6, 6.07) is 0. The van der Waals surface area contributed by atoms with Gasteiger partial charge in [-0.15, -0.1) is 0 Å². The molecule has 2 N–H and O–H groups in total. The molecule has 0 aromatic heterocycles. The molecule has 0 fully saturated rings. The van der Waals surface area contributed by atoms with Crippen molar-refractivity contribution < 1.29 is 19.8 Å². The van der Waals surface area contributed by atoms with Crippen LogP contribution in [0.3, 0.4) is 0 Å². The van der Waals surface area contributed by atoms with Crippen LogP contribution in [-0.4, -0.2) is 22.2 Å². The number of carbonyl (C=O) groups is 2. The normalized spacial score (nSPS) is 11.3. The Morgan fingerprint density at radius 3 is 1.94 bits per heavy atom. The number of hydrogen-bond acceptors (Lipinski definition) is 2. The lowest BCUT2D eigenvalue weighted by Crippen LogP contribution is -2.10. The Labute approximate surface area is 93.9 Å². The van der Waals surface area contributed by atoms with E-state index in [0.717, 1.165) is 12.5 Å². The number of carboxylic acids is 2. The van der Waals surface area contributed by atoms with Gasteiger partial charge in [-0.1, -0.05) is 43.4 Å². The van der Waals surface area contributed by atoms with Gasteiger partial charge in [0.2, 0.25) is 0 Å². The van der Waals surface area contributed by atoms with Crippen molar-refractivity contribution in [2.75, 3.05) is 0 Å². The van der Waals surface area contributed by atoms with Crippen LogP contribution in [0.25, 0.3) is 0 Å². The van der Waals surface area contributed by atoms with Gasteiger partial charge in [0.25, 0.3) is 0 Å². The molecule has 86 valence electrons. The summed E-state index contributed by atoms with van der Waals surface area (Å²) in [5, 5.41) is 17.0. The predicted molar refractivity (Wildman–Crippen MR) is 61.1 cm³/mol. The molecule has 0 aliphatic carbocycles. The van der Waals surface area contributed by atoms with Crippen molar-refractivity contribution in [2.24, 2.45) is 0 Å². The second kappa shape index (κ2) is 8.23. The van der Waals surface area contributed by atoms with Crippen LogP contribution in [-0.2, 0) is 9.59 Å². The van der Waals surface area contributed by atoms with Crippen LogP contribution < -0.4 is 0 Å². The lowest BCUT2D eigenvalue weighted by molar-refractivity contribution is -0.140. The first-order chi connectivity index (χ1) is 7.59. The summed E-state index contributed by atoms with van der Waals surface area (Å²) in [6.07, 6.45) is 12.2. The van der Waals surface area contributed by atoms with Gasteiger partial charge < -0.3 is 10.2 Å². The topological polar surface area (TPSA) is 74.6 Å². The van der Waals surface area contributed by atoms with E-state index >= 15 is 0 Å². The third-order valence-electron chi connectivity index (χ3n) is 1.54. The van der Waals surface area contributed by atoms with Gasteiger partial charge in [0, 0.05) is 0 Å². The Hall–Kier alpha value is -2.10. The van der Waals surface area contributed by atoms with E-state index in [1.165, 1.54) is 6.08 Å². The SMILES string of the molecule is CCC=CC=CC=CC=C(C(=O)O)C(=O)O. The Morgan fingerprint density at radius 2 is 1.44 bits per heavy atom. The largest absolute Gasteiger partial charge is 0.477 e. The van der Waals surface area contributed by atoms with Crippen LogP contribution >= 0.6 is 0 Å². The molecule has 0 aromatic rings. The number of rotatable bonds is 6. The Bertz CT molecular complexity index is 343. The number of carboxylic acid groups (broad SMARTS) is 2. The fraction of sp³-hybridized carbons (Fsp3) is 0.167. The second-order valence-corrected chi connectivity index (χ2v) is 2.80. The van der Waals surface area contributed by atoms with Gasteiger partial charge in [-0.2, -0.15) is 0 Å². The first-order valence-electron chi connectivity index (χ1n) is 4.76. The van der Waals surface area contributed by atoms with Gasteiger partial charge in [-0.3, -0.25) is 0 Å². The molecule has 0 aromatic carbocycles. The minimum Gasteiger partial charge on any atom is -0.477 e. The molecule has 0 heterocycles. The fourth-order valence-corrected chi connectivity index (χ4v) is 0.793. The van der Waals surface area contributed by atoms with E-state index in [-0.39, 0.29) is 0 Å². The molecule has 16 heavy (non-hydrogen) atoms. The van der Waals surface area contributed by atoms with E-state index < -0.39 is 17.5 Å². The molecule has 0 radical (unpaired) electrons. The van der Waals surface area contributed by atoms with Crippen LogP contribution in [0.15, 0.2) is 48.1 Å². The monoisotopic (exact) mass is 222 g/mol. The van der Waals surface area contributed by atoms with Crippen molar-refractivity contribution in [1.29, 1.82) is 0 Å². The Morgan fingerprint density at radius 1 is 0.938 bits per heavy atom. The average molecular weight is 222 g/mol. The molecule has 0 bridgehead atoms. The maximum Gasteiger partial charge on any atom is 0.343 e. The lowest BCUT2D eigenvalue weighted by Gasteiger charge is -1.90. The molecule has 0 aliphatic heterocycles. The molecule has 0 amide bonds. The van der Waals surface area contributed by atoms with Gasteiger partial charge in [0.15, 0.2) is 0 Å². The number of allylic oxidation sites excluding steroid dienone is 7. The third kappa shape index (κ3) is 6.37. The summed E-state index contributed by atoms with van der Waals surface area (Å²) in [6.45, 7) is 2.01. The maximum absolute atomic E-state index is 10.4. The van der Waals surface area contributed by atoms with Gasteiger partial charge in [-0.25, -0.2) is 9.59 Å². The van der Waals surface area contributed by atoms with Crippen molar-refractivity contribution in [3.63, 3.8) is 0 Å². The maximum atomic E-state index is 10.4. The highest BCUT2D eigenvalue weighted by Gasteiger charge is 2.13. The first kappa shape index (κ1) is 13.9. The summed E-state index contributed by atoms with van der Waals surface area (Å²) in [5.41, 5.74) is -0.659. The highest BCUT2D eigenvalue weighted by molar-refractivity contribution is 6.12. The zero-order valence-corrected chi connectivity index (χ0v) is 8.96. The van der Waals surface area contributed by atoms with Crippen molar-refractivity contribution >= 4 is 11.9 Å². The zero-order chi connectivity index (χ0) is 12.4. The van der Waals surface area contributed by atoms with Gasteiger partial charge >= 0.3 is 11.9 Å². The summed E-state index contributed by atoms with van der Waals surface area (Å²) >= 11 is 0. The smallest absolute Gasteiger partial charge is 0.343 e. The molecular weight excluding hydrogens is 208 g/mol. The summed E-state index contributed by atoms with van der Waals surface area (Å²) in [4.78, 5) is 20.9. The average Bonchev–Trinajstić information content (AvgIpc) is 2.21. The van der Waals surface area contributed by atoms with Crippen LogP contribution in [0, 0.1) is 0 Å². The number of aliphatic carboxylic acids is 2. The minimum atomic E-state index is -1.45. The quantitative estimate of drug-likeness (QED) is 0.312. The predicted octanol–water partition coefficient (Wildman–Crippen LogP) is 2.16. The summed E-state index contributed by atoms with van der Waals surface area (Å²) in [7, 11) is 0. The molecule has 4 heteroatoms. The van der Waals surface area contributed by atoms with Crippen molar-refractivity contribution in [3.05, 3.63) is 48.1 Å². The van der Waals surface area contributed by atoms with E-state index in [2.05, 4.69) is 0 Å². The van der Waals surface area contributed by atoms with E-state index in [9.17, 15) is 9.59 Å². The summed E-state index contributed by atoms with van der Waals surface area (Å²) < 4.78 is 0. The standard InChI is InChI=1S/C12H14O4/c1-2-3-4-5-6-7-8-9-10(11(13)14)12(15)16/h3-9H,2H2,1H3,(H,13,14)(H,15,16). The fourth-order valence-electron chi connectivity index (χ4n) is 0.793. The molecule has 0 unspecified atom stereocenters. The number of hydrogen-bond donors (Lipinski definition) is 2. The molecule has 0 aliphatic rings. The molecule has 0 saturated heterocycles. The summed E-state index contributed by atoms with van der Waals surface area (Å²) in [5.74, 6) is -2.90. The van der Waals surface area contributed by atoms with Crippen LogP contribution in [0.1, 0.15) is 13.3 Å². The van der Waals surface area contributed by atoms with E-state index in [0.29, 0.717) is 0 Å². The molecular formula is C12H14O4. The Kier molecular flexibility index (Phi) is 7.15. The van der Waals surface area contributed by atoms with Gasteiger partial charge in [0.1, 0.15) is 5.57 Å². The Balaban J connectivity index is 4.39. The minimum absolute atomic E-state index is 0.659. The highest BCUT2D eigenvalue weighted by Crippen LogP contribution is 1.95. The first-order valence-corrected chi connectivity index (χ1v) is 4.76. The van der Waals surface area contributed by atoms with Crippen molar-refractivity contribution in [2.45, 2.75) is 13.3 Å². The molecule has 0 saturated carbocycles. The highest BCUT2D eigenvalue weighted by atomic mass is 16.4.